The van der Waals surface area contributed by atoms with Gasteiger partial charge < -0.3 is 10.2 Å². The number of unbranched alkanes of at least 4 members (excludes halogenated alkanes) is 3. The fourth-order valence-electron chi connectivity index (χ4n) is 3.53. The lowest BCUT2D eigenvalue weighted by molar-refractivity contribution is -0.137. The number of hydrogen-bond donors (Lipinski definition) is 2. The minimum atomic E-state index is -0.722. The summed E-state index contributed by atoms with van der Waals surface area (Å²) in [5, 5.41) is 18.9. The number of carboxylic acid groups (broad SMARTS) is 1. The van der Waals surface area contributed by atoms with Crippen molar-refractivity contribution >= 4 is 5.97 Å². The molecule has 0 saturated heterocycles. The molecule has 0 amide bonds. The lowest BCUT2D eigenvalue weighted by atomic mass is 9.89. The quantitative estimate of drug-likeness (QED) is 0.373. The lowest BCUT2D eigenvalue weighted by Gasteiger charge is -2.18. The van der Waals surface area contributed by atoms with Gasteiger partial charge in [0, 0.05) is 12.3 Å². The summed E-state index contributed by atoms with van der Waals surface area (Å²) in [6.45, 7) is 4.50. The van der Waals surface area contributed by atoms with Crippen molar-refractivity contribution in [2.45, 2.75) is 84.2 Å². The molecule has 0 aliphatic heterocycles. The molecule has 1 fully saturated rings. The highest BCUT2D eigenvalue weighted by Gasteiger charge is 2.32. The SMILES string of the molecule is CCCCCC(C)/C=C/C1[C@@H](C/C=C\CCCC(=O)O)CC[C@H]1O. The van der Waals surface area contributed by atoms with Crippen molar-refractivity contribution in [3.05, 3.63) is 24.3 Å². The van der Waals surface area contributed by atoms with Gasteiger partial charge in [0.1, 0.15) is 0 Å². The van der Waals surface area contributed by atoms with E-state index < -0.39 is 5.97 Å². The Hall–Kier alpha value is -1.09. The summed E-state index contributed by atoms with van der Waals surface area (Å²) in [6, 6.07) is 0. The largest absolute Gasteiger partial charge is 0.481 e. The van der Waals surface area contributed by atoms with Crippen molar-refractivity contribution in [2.75, 3.05) is 0 Å². The zero-order valence-corrected chi connectivity index (χ0v) is 15.5. The van der Waals surface area contributed by atoms with Crippen LogP contribution in [0.5, 0.6) is 0 Å². The predicted molar refractivity (Wildman–Crippen MR) is 99.9 cm³/mol. The van der Waals surface area contributed by atoms with E-state index in [1.165, 1.54) is 25.7 Å². The summed E-state index contributed by atoms with van der Waals surface area (Å²) in [7, 11) is 0. The Labute approximate surface area is 147 Å². The number of carboxylic acids is 1. The van der Waals surface area contributed by atoms with E-state index >= 15 is 0 Å². The number of allylic oxidation sites excluding steroid dienone is 3. The van der Waals surface area contributed by atoms with E-state index in [1.54, 1.807) is 0 Å². The first-order valence-electron chi connectivity index (χ1n) is 9.77. The molecule has 3 nitrogen and oxygen atoms in total. The second-order valence-electron chi connectivity index (χ2n) is 7.33. The monoisotopic (exact) mass is 336 g/mol. The summed E-state index contributed by atoms with van der Waals surface area (Å²) in [5.74, 6) is 0.675. The van der Waals surface area contributed by atoms with E-state index in [-0.39, 0.29) is 18.4 Å². The molecule has 4 atom stereocenters. The van der Waals surface area contributed by atoms with Crippen LogP contribution in [-0.2, 0) is 4.79 Å². The molecule has 1 saturated carbocycles. The van der Waals surface area contributed by atoms with Crippen molar-refractivity contribution < 1.29 is 15.0 Å². The number of aliphatic hydroxyl groups is 1. The molecule has 1 rings (SSSR count). The smallest absolute Gasteiger partial charge is 0.303 e. The molecule has 0 radical (unpaired) electrons. The third-order valence-corrected chi connectivity index (χ3v) is 5.11. The van der Waals surface area contributed by atoms with Gasteiger partial charge in [-0.25, -0.2) is 0 Å². The van der Waals surface area contributed by atoms with Gasteiger partial charge in [-0.1, -0.05) is 57.4 Å². The Morgan fingerprint density at radius 3 is 2.71 bits per heavy atom. The fourth-order valence-corrected chi connectivity index (χ4v) is 3.53. The van der Waals surface area contributed by atoms with Crippen LogP contribution >= 0.6 is 0 Å². The summed E-state index contributed by atoms with van der Waals surface area (Å²) < 4.78 is 0. The molecule has 1 aliphatic rings. The molecule has 0 heterocycles. The number of aliphatic carboxylic acids is 1. The van der Waals surface area contributed by atoms with E-state index in [9.17, 15) is 9.90 Å². The van der Waals surface area contributed by atoms with E-state index in [0.717, 1.165) is 25.7 Å². The molecule has 0 bridgehead atoms. The molecular weight excluding hydrogens is 300 g/mol. The third-order valence-electron chi connectivity index (χ3n) is 5.11. The molecule has 0 spiro atoms. The standard InChI is InChI=1S/C21H36O3/c1-3-4-7-10-17(2)13-15-19-18(14-16-20(19)22)11-8-5-6-9-12-21(23)24/h5,8,13,15,17-20,22H,3-4,6-7,9-12,14,16H2,1-2H3,(H,23,24)/b8-5-,15-13+/t17?,18-,19?,20+/m0/s1. The van der Waals surface area contributed by atoms with Crippen molar-refractivity contribution in [3.8, 4) is 0 Å². The van der Waals surface area contributed by atoms with Crippen LogP contribution in [-0.4, -0.2) is 22.3 Å². The molecule has 138 valence electrons. The van der Waals surface area contributed by atoms with Gasteiger partial charge in [0.25, 0.3) is 0 Å². The fraction of sp³-hybridized carbons (Fsp3) is 0.762. The summed E-state index contributed by atoms with van der Waals surface area (Å²) >= 11 is 0. The summed E-state index contributed by atoms with van der Waals surface area (Å²) in [6.07, 6.45) is 18.5. The van der Waals surface area contributed by atoms with Crippen LogP contribution in [0.2, 0.25) is 0 Å². The van der Waals surface area contributed by atoms with Crippen molar-refractivity contribution in [3.63, 3.8) is 0 Å². The normalized spacial score (nSPS) is 25.7. The zero-order chi connectivity index (χ0) is 17.8. The highest BCUT2D eigenvalue weighted by molar-refractivity contribution is 5.66. The average Bonchev–Trinajstić information content (AvgIpc) is 2.89. The van der Waals surface area contributed by atoms with Gasteiger partial charge in [-0.15, -0.1) is 0 Å². The van der Waals surface area contributed by atoms with Crippen LogP contribution in [0.1, 0.15) is 78.1 Å². The molecule has 0 aromatic carbocycles. The predicted octanol–water partition coefficient (Wildman–Crippen LogP) is 5.35. The van der Waals surface area contributed by atoms with Gasteiger partial charge in [0.15, 0.2) is 0 Å². The summed E-state index contributed by atoms with van der Waals surface area (Å²) in [4.78, 5) is 10.5. The average molecular weight is 337 g/mol. The first-order chi connectivity index (χ1) is 11.5. The second-order valence-corrected chi connectivity index (χ2v) is 7.33. The van der Waals surface area contributed by atoms with Gasteiger partial charge >= 0.3 is 5.97 Å². The van der Waals surface area contributed by atoms with Crippen LogP contribution < -0.4 is 0 Å². The molecule has 2 unspecified atom stereocenters. The van der Waals surface area contributed by atoms with Crippen LogP contribution in [0, 0.1) is 17.8 Å². The van der Waals surface area contributed by atoms with Gasteiger partial charge in [-0.2, -0.15) is 0 Å². The van der Waals surface area contributed by atoms with E-state index in [4.69, 9.17) is 5.11 Å². The number of carbonyl (C=O) groups is 1. The lowest BCUT2D eigenvalue weighted by Crippen LogP contribution is -2.16. The zero-order valence-electron chi connectivity index (χ0n) is 15.5. The summed E-state index contributed by atoms with van der Waals surface area (Å²) in [5.41, 5.74) is 0. The highest BCUT2D eigenvalue weighted by Crippen LogP contribution is 2.36. The first-order valence-corrected chi connectivity index (χ1v) is 9.77. The Morgan fingerprint density at radius 2 is 2.00 bits per heavy atom. The van der Waals surface area contributed by atoms with E-state index in [1.807, 2.05) is 0 Å². The maximum Gasteiger partial charge on any atom is 0.303 e. The van der Waals surface area contributed by atoms with Gasteiger partial charge in [-0.3, -0.25) is 4.79 Å². The topological polar surface area (TPSA) is 57.5 Å². The Kier molecular flexibility index (Phi) is 10.7. The molecule has 2 N–H and O–H groups in total. The molecule has 3 heteroatoms. The van der Waals surface area contributed by atoms with Crippen LogP contribution in [0.15, 0.2) is 24.3 Å². The third kappa shape index (κ3) is 8.68. The molecule has 24 heavy (non-hydrogen) atoms. The molecule has 1 aliphatic carbocycles. The van der Waals surface area contributed by atoms with Crippen LogP contribution in [0.4, 0.5) is 0 Å². The Bertz CT molecular complexity index is 400. The van der Waals surface area contributed by atoms with E-state index in [0.29, 0.717) is 18.3 Å². The van der Waals surface area contributed by atoms with Gasteiger partial charge in [-0.05, 0) is 50.4 Å². The maximum atomic E-state index is 10.5. The van der Waals surface area contributed by atoms with Gasteiger partial charge in [0.05, 0.1) is 6.10 Å². The van der Waals surface area contributed by atoms with Gasteiger partial charge in [0.2, 0.25) is 0 Å². The maximum absolute atomic E-state index is 10.5. The minimum absolute atomic E-state index is 0.200. The molecule has 0 aromatic heterocycles. The number of rotatable bonds is 12. The highest BCUT2D eigenvalue weighted by atomic mass is 16.4. The van der Waals surface area contributed by atoms with Crippen molar-refractivity contribution in [1.29, 1.82) is 0 Å². The number of hydrogen-bond acceptors (Lipinski definition) is 2. The van der Waals surface area contributed by atoms with Crippen molar-refractivity contribution in [1.82, 2.24) is 0 Å². The van der Waals surface area contributed by atoms with E-state index in [2.05, 4.69) is 38.2 Å². The Balaban J connectivity index is 2.35. The molecular formula is C21H36O3. The minimum Gasteiger partial charge on any atom is -0.481 e. The van der Waals surface area contributed by atoms with Crippen molar-refractivity contribution in [2.24, 2.45) is 17.8 Å². The first kappa shape index (κ1) is 21.0. The second kappa shape index (κ2) is 12.3. The number of aliphatic hydroxyl groups excluding tert-OH is 1. The van der Waals surface area contributed by atoms with Crippen LogP contribution in [0.25, 0.3) is 0 Å². The molecule has 0 aromatic rings. The Morgan fingerprint density at radius 1 is 1.21 bits per heavy atom. The van der Waals surface area contributed by atoms with Crippen LogP contribution in [0.3, 0.4) is 0 Å².